The Morgan fingerprint density at radius 3 is 2.57 bits per heavy atom. The Balaban J connectivity index is 2.13. The summed E-state index contributed by atoms with van der Waals surface area (Å²) in [6.45, 7) is 0.390. The summed E-state index contributed by atoms with van der Waals surface area (Å²) in [6.07, 6.45) is 0.778. The van der Waals surface area contributed by atoms with Crippen LogP contribution in [0, 0.1) is 5.92 Å². The van der Waals surface area contributed by atoms with Crippen molar-refractivity contribution in [3.05, 3.63) is 0 Å². The van der Waals surface area contributed by atoms with Gasteiger partial charge >= 0.3 is 5.97 Å². The molecule has 0 aromatic rings. The molecule has 2 heterocycles. The van der Waals surface area contributed by atoms with Crippen molar-refractivity contribution >= 4 is 16.0 Å². The average molecular weight is 220 g/mol. The molecule has 2 aliphatic heterocycles. The molecule has 6 nitrogen and oxygen atoms in total. The summed E-state index contributed by atoms with van der Waals surface area (Å²) >= 11 is 0. The molecule has 0 radical (unpaired) electrons. The van der Waals surface area contributed by atoms with Gasteiger partial charge < -0.3 is 10.8 Å². The lowest BCUT2D eigenvalue weighted by Gasteiger charge is -2.32. The summed E-state index contributed by atoms with van der Waals surface area (Å²) in [5.41, 5.74) is 5.69. The zero-order valence-corrected chi connectivity index (χ0v) is 8.27. The molecule has 0 spiro atoms. The lowest BCUT2D eigenvalue weighted by atomic mass is 9.81. The van der Waals surface area contributed by atoms with E-state index < -0.39 is 21.7 Å². The number of aliphatic carboxylic acids is 1. The van der Waals surface area contributed by atoms with E-state index in [4.69, 9.17) is 10.8 Å². The molecule has 0 aromatic carbocycles. The summed E-state index contributed by atoms with van der Waals surface area (Å²) in [7, 11) is -3.65. The molecule has 0 amide bonds. The fourth-order valence-corrected chi connectivity index (χ4v) is 3.71. The maximum absolute atomic E-state index is 11.5. The third-order valence-electron chi connectivity index (χ3n) is 2.98. The molecule has 80 valence electrons. The van der Waals surface area contributed by atoms with Crippen molar-refractivity contribution in [2.75, 3.05) is 12.3 Å². The highest BCUT2D eigenvalue weighted by atomic mass is 32.2. The van der Waals surface area contributed by atoms with E-state index in [2.05, 4.69) is 0 Å². The number of fused-ring (bicyclic) bond motifs is 1. The normalized spacial score (nSPS) is 36.8. The second-order valence-electron chi connectivity index (χ2n) is 3.86. The van der Waals surface area contributed by atoms with Crippen LogP contribution >= 0.6 is 0 Å². The lowest BCUT2D eigenvalue weighted by Crippen LogP contribution is -2.51. The molecule has 2 bridgehead atoms. The van der Waals surface area contributed by atoms with Gasteiger partial charge in [-0.05, 0) is 12.3 Å². The molecule has 3 N–H and O–H groups in total. The van der Waals surface area contributed by atoms with Crippen molar-refractivity contribution in [2.45, 2.75) is 18.5 Å². The largest absolute Gasteiger partial charge is 0.480 e. The molecular weight excluding hydrogens is 208 g/mol. The molecule has 1 aliphatic carbocycles. The second kappa shape index (κ2) is 2.91. The van der Waals surface area contributed by atoms with Crippen LogP contribution in [-0.4, -0.2) is 48.2 Å². The zero-order chi connectivity index (χ0) is 10.5. The topological polar surface area (TPSA) is 101 Å². The van der Waals surface area contributed by atoms with E-state index in [0.717, 1.165) is 6.42 Å². The molecule has 7 heteroatoms. The Morgan fingerprint density at radius 1 is 1.57 bits per heavy atom. The Hall–Kier alpha value is -0.660. The SMILES string of the molecule is NC1C2CC1N(S(=O)(=O)CC(=O)O)C2. The van der Waals surface area contributed by atoms with Crippen molar-refractivity contribution in [1.29, 1.82) is 0 Å². The van der Waals surface area contributed by atoms with Gasteiger partial charge in [0.25, 0.3) is 0 Å². The van der Waals surface area contributed by atoms with Crippen LogP contribution in [0.1, 0.15) is 6.42 Å². The van der Waals surface area contributed by atoms with Gasteiger partial charge in [0.05, 0.1) is 0 Å². The molecule has 3 unspecified atom stereocenters. The summed E-state index contributed by atoms with van der Waals surface area (Å²) in [5, 5.41) is 8.44. The molecule has 3 aliphatic rings. The maximum Gasteiger partial charge on any atom is 0.320 e. The van der Waals surface area contributed by atoms with Crippen LogP contribution in [-0.2, 0) is 14.8 Å². The number of rotatable bonds is 3. The van der Waals surface area contributed by atoms with E-state index >= 15 is 0 Å². The maximum atomic E-state index is 11.5. The van der Waals surface area contributed by atoms with Crippen LogP contribution in [0.15, 0.2) is 0 Å². The first-order chi connectivity index (χ1) is 6.42. The van der Waals surface area contributed by atoms with Crippen LogP contribution in [0.4, 0.5) is 0 Å². The number of sulfonamides is 1. The molecule has 2 saturated heterocycles. The van der Waals surface area contributed by atoms with Crippen LogP contribution in [0.5, 0.6) is 0 Å². The van der Waals surface area contributed by atoms with Crippen molar-refractivity contribution in [2.24, 2.45) is 11.7 Å². The number of nitrogens with two attached hydrogens (primary N) is 1. The van der Waals surface area contributed by atoms with Crippen LogP contribution in [0.25, 0.3) is 0 Å². The number of hydrogen-bond donors (Lipinski definition) is 2. The summed E-state index contributed by atoms with van der Waals surface area (Å²) < 4.78 is 24.3. The Bertz CT molecular complexity index is 366. The molecule has 14 heavy (non-hydrogen) atoms. The van der Waals surface area contributed by atoms with Crippen molar-refractivity contribution in [1.82, 2.24) is 4.31 Å². The van der Waals surface area contributed by atoms with Gasteiger partial charge in [0.2, 0.25) is 10.0 Å². The number of nitrogens with zero attached hydrogens (tertiary/aromatic N) is 1. The lowest BCUT2D eigenvalue weighted by molar-refractivity contribution is -0.134. The number of carboxylic acid groups (broad SMARTS) is 1. The molecule has 3 fully saturated rings. The van der Waals surface area contributed by atoms with Gasteiger partial charge in [0.1, 0.15) is 0 Å². The first-order valence-corrected chi connectivity index (χ1v) is 5.99. The highest BCUT2D eigenvalue weighted by Gasteiger charge is 2.54. The number of hydrogen-bond acceptors (Lipinski definition) is 4. The first kappa shape index (κ1) is 9.88. The van der Waals surface area contributed by atoms with Crippen molar-refractivity contribution < 1.29 is 18.3 Å². The second-order valence-corrected chi connectivity index (χ2v) is 5.78. The minimum absolute atomic E-state index is 0.0985. The summed E-state index contributed by atoms with van der Waals surface area (Å²) in [5.74, 6) is -1.92. The third-order valence-corrected chi connectivity index (χ3v) is 4.73. The highest BCUT2D eigenvalue weighted by molar-refractivity contribution is 7.89. The average Bonchev–Trinajstić information content (AvgIpc) is 2.57. The standard InChI is InChI=1S/C7H12N2O4S/c8-7-4-1-5(7)9(2-4)14(12,13)3-6(10)11/h4-5,7H,1-3,8H2,(H,10,11). The third kappa shape index (κ3) is 1.32. The predicted molar refractivity (Wildman–Crippen MR) is 48.0 cm³/mol. The molecular formula is C7H12N2O4S. The predicted octanol–water partition coefficient (Wildman–Crippen LogP) is -1.57. The van der Waals surface area contributed by atoms with E-state index in [9.17, 15) is 13.2 Å². The monoisotopic (exact) mass is 220 g/mol. The molecule has 3 atom stereocenters. The number of carboxylic acids is 1. The van der Waals surface area contributed by atoms with Gasteiger partial charge in [-0.2, -0.15) is 4.31 Å². The molecule has 0 aromatic heterocycles. The zero-order valence-electron chi connectivity index (χ0n) is 7.46. The van der Waals surface area contributed by atoms with Gasteiger partial charge in [0, 0.05) is 18.6 Å². The fraction of sp³-hybridized carbons (Fsp3) is 0.857. The Kier molecular flexibility index (Phi) is 2.06. The van der Waals surface area contributed by atoms with Crippen LogP contribution in [0.3, 0.4) is 0 Å². The molecule has 3 rings (SSSR count). The van der Waals surface area contributed by atoms with Gasteiger partial charge in [-0.3, -0.25) is 4.79 Å². The Labute approximate surface area is 81.7 Å². The fourth-order valence-electron chi connectivity index (χ4n) is 2.17. The van der Waals surface area contributed by atoms with Gasteiger partial charge in [0.15, 0.2) is 5.75 Å². The van der Waals surface area contributed by atoms with E-state index in [1.807, 2.05) is 0 Å². The van der Waals surface area contributed by atoms with Crippen LogP contribution < -0.4 is 5.73 Å². The highest BCUT2D eigenvalue weighted by Crippen LogP contribution is 2.41. The minimum Gasteiger partial charge on any atom is -0.480 e. The minimum atomic E-state index is -3.65. The smallest absolute Gasteiger partial charge is 0.320 e. The molecule has 1 saturated carbocycles. The van der Waals surface area contributed by atoms with Gasteiger partial charge in [-0.1, -0.05) is 0 Å². The summed E-state index contributed by atoms with van der Waals surface area (Å²) in [6, 6.07) is -0.261. The Morgan fingerprint density at radius 2 is 2.21 bits per heavy atom. The summed E-state index contributed by atoms with van der Waals surface area (Å²) in [4.78, 5) is 10.3. The van der Waals surface area contributed by atoms with E-state index in [1.54, 1.807) is 0 Å². The van der Waals surface area contributed by atoms with Crippen LogP contribution in [0.2, 0.25) is 0 Å². The number of carbonyl (C=O) groups is 1. The van der Waals surface area contributed by atoms with Gasteiger partial charge in [-0.15, -0.1) is 0 Å². The van der Waals surface area contributed by atoms with E-state index in [0.29, 0.717) is 6.54 Å². The van der Waals surface area contributed by atoms with Crippen molar-refractivity contribution in [3.8, 4) is 0 Å². The van der Waals surface area contributed by atoms with E-state index in [-0.39, 0.29) is 18.0 Å². The first-order valence-electron chi connectivity index (χ1n) is 4.39. The van der Waals surface area contributed by atoms with Crippen molar-refractivity contribution in [3.63, 3.8) is 0 Å². The van der Waals surface area contributed by atoms with Gasteiger partial charge in [-0.25, -0.2) is 8.42 Å². The quantitative estimate of drug-likeness (QED) is 0.598. The van der Waals surface area contributed by atoms with E-state index in [1.165, 1.54) is 4.31 Å².